The monoisotopic (exact) mass is 269 g/mol. The molecule has 0 bridgehead atoms. The number of halogens is 3. The third kappa shape index (κ3) is 2.44. The summed E-state index contributed by atoms with van der Waals surface area (Å²) in [5.74, 6) is -0.905. The highest BCUT2D eigenvalue weighted by molar-refractivity contribution is 5.98. The zero-order valence-corrected chi connectivity index (χ0v) is 9.90. The lowest BCUT2D eigenvalue weighted by molar-refractivity contribution is -0.137. The van der Waals surface area contributed by atoms with Crippen molar-refractivity contribution in [2.45, 2.75) is 13.1 Å². The van der Waals surface area contributed by atoms with Crippen molar-refractivity contribution in [2.24, 2.45) is 0 Å². The first-order valence-corrected chi connectivity index (χ1v) is 5.34. The molecule has 1 aromatic carbocycles. The molecule has 0 atom stereocenters. The summed E-state index contributed by atoms with van der Waals surface area (Å²) in [5, 5.41) is 3.78. The van der Waals surface area contributed by atoms with Crippen LogP contribution in [0, 0.1) is 6.92 Å². The van der Waals surface area contributed by atoms with Gasteiger partial charge in [0.25, 0.3) is 5.91 Å². The number of carbonyl (C=O) groups is 1. The highest BCUT2D eigenvalue weighted by Crippen LogP contribution is 2.32. The van der Waals surface area contributed by atoms with Crippen LogP contribution in [0.15, 0.2) is 30.3 Å². The minimum absolute atomic E-state index is 0.000484. The average molecular weight is 269 g/mol. The maximum atomic E-state index is 12.8. The van der Waals surface area contributed by atoms with Crippen LogP contribution in [0.25, 0.3) is 0 Å². The van der Waals surface area contributed by atoms with Gasteiger partial charge in [-0.15, -0.1) is 0 Å². The first kappa shape index (κ1) is 13.1. The summed E-state index contributed by atoms with van der Waals surface area (Å²) >= 11 is 0. The van der Waals surface area contributed by atoms with Crippen molar-refractivity contribution in [1.29, 1.82) is 0 Å². The number of aryl methyl sites for hydroxylation is 1. The van der Waals surface area contributed by atoms with Crippen molar-refractivity contribution in [3.8, 4) is 0 Å². The number of aromatic nitrogens is 2. The molecule has 0 amide bonds. The zero-order valence-electron chi connectivity index (χ0n) is 9.90. The Bertz CT molecular complexity index is 631. The molecule has 19 heavy (non-hydrogen) atoms. The number of hydrogen-bond donors (Lipinski definition) is 1. The van der Waals surface area contributed by atoms with Crippen LogP contribution < -0.4 is 5.73 Å². The zero-order chi connectivity index (χ0) is 14.2. The Labute approximate surface area is 106 Å². The molecule has 0 saturated carbocycles. The van der Waals surface area contributed by atoms with Crippen molar-refractivity contribution in [2.75, 3.05) is 5.73 Å². The average Bonchev–Trinajstić information content (AvgIpc) is 2.66. The first-order valence-electron chi connectivity index (χ1n) is 5.34. The molecule has 0 saturated heterocycles. The van der Waals surface area contributed by atoms with Crippen LogP contribution in [-0.4, -0.2) is 15.7 Å². The molecular weight excluding hydrogens is 259 g/mol. The second kappa shape index (κ2) is 4.42. The van der Waals surface area contributed by atoms with Crippen molar-refractivity contribution < 1.29 is 18.0 Å². The summed E-state index contributed by atoms with van der Waals surface area (Å²) in [6.45, 7) is 1.59. The molecule has 0 aliphatic rings. The van der Waals surface area contributed by atoms with Gasteiger partial charge < -0.3 is 5.73 Å². The quantitative estimate of drug-likeness (QED) is 0.865. The molecule has 0 aliphatic carbocycles. The van der Waals surface area contributed by atoms with Crippen molar-refractivity contribution >= 4 is 11.7 Å². The maximum Gasteiger partial charge on any atom is 0.417 e. The summed E-state index contributed by atoms with van der Waals surface area (Å²) in [6.07, 6.45) is -4.61. The fraction of sp³-hybridized carbons (Fsp3) is 0.167. The Hall–Kier alpha value is -2.31. The normalized spacial score (nSPS) is 11.6. The van der Waals surface area contributed by atoms with Gasteiger partial charge in [0.15, 0.2) is 0 Å². The van der Waals surface area contributed by atoms with Gasteiger partial charge in [0.05, 0.1) is 16.8 Å². The fourth-order valence-electron chi connectivity index (χ4n) is 1.71. The Morgan fingerprint density at radius 2 is 1.95 bits per heavy atom. The van der Waals surface area contributed by atoms with Gasteiger partial charge in [0, 0.05) is 6.07 Å². The molecule has 4 nitrogen and oxygen atoms in total. The van der Waals surface area contributed by atoms with Gasteiger partial charge >= 0.3 is 6.18 Å². The maximum absolute atomic E-state index is 12.8. The summed E-state index contributed by atoms with van der Waals surface area (Å²) in [4.78, 5) is 12.1. The van der Waals surface area contributed by atoms with Crippen molar-refractivity contribution in [1.82, 2.24) is 9.78 Å². The van der Waals surface area contributed by atoms with Crippen LogP contribution in [0.4, 0.5) is 19.0 Å². The lowest BCUT2D eigenvalue weighted by Gasteiger charge is -2.11. The second-order valence-corrected chi connectivity index (χ2v) is 3.97. The Morgan fingerprint density at radius 1 is 1.32 bits per heavy atom. The second-order valence-electron chi connectivity index (χ2n) is 3.97. The van der Waals surface area contributed by atoms with E-state index in [1.807, 2.05) is 0 Å². The van der Waals surface area contributed by atoms with E-state index in [-0.39, 0.29) is 5.82 Å². The van der Waals surface area contributed by atoms with Crippen LogP contribution in [0.1, 0.15) is 21.6 Å². The minimum Gasteiger partial charge on any atom is -0.383 e. The van der Waals surface area contributed by atoms with E-state index >= 15 is 0 Å². The fourth-order valence-corrected chi connectivity index (χ4v) is 1.71. The number of nitrogens with zero attached hydrogens (tertiary/aromatic N) is 2. The predicted octanol–water partition coefficient (Wildman–Crippen LogP) is 2.48. The molecule has 0 unspecified atom stereocenters. The van der Waals surface area contributed by atoms with Gasteiger partial charge in [-0.3, -0.25) is 4.79 Å². The van der Waals surface area contributed by atoms with Crippen LogP contribution >= 0.6 is 0 Å². The molecule has 100 valence electrons. The van der Waals surface area contributed by atoms with E-state index in [2.05, 4.69) is 5.10 Å². The molecule has 2 rings (SSSR count). The first-order chi connectivity index (χ1) is 8.80. The van der Waals surface area contributed by atoms with Gasteiger partial charge in [-0.2, -0.15) is 23.0 Å². The molecule has 1 aromatic heterocycles. The molecule has 2 N–H and O–H groups in total. The Balaban J connectivity index is 2.54. The van der Waals surface area contributed by atoms with Crippen LogP contribution in [0.5, 0.6) is 0 Å². The van der Waals surface area contributed by atoms with Gasteiger partial charge in [0.2, 0.25) is 0 Å². The molecule has 0 fully saturated rings. The van der Waals surface area contributed by atoms with Gasteiger partial charge in [-0.05, 0) is 19.1 Å². The summed E-state index contributed by atoms with van der Waals surface area (Å²) in [5.41, 5.74) is 4.50. The predicted molar refractivity (Wildman–Crippen MR) is 62.5 cm³/mol. The van der Waals surface area contributed by atoms with Crippen LogP contribution in [0.3, 0.4) is 0 Å². The number of benzene rings is 1. The van der Waals surface area contributed by atoms with Crippen LogP contribution in [-0.2, 0) is 6.18 Å². The molecule has 7 heteroatoms. The van der Waals surface area contributed by atoms with E-state index in [9.17, 15) is 18.0 Å². The summed E-state index contributed by atoms with van der Waals surface area (Å²) in [7, 11) is 0. The number of rotatable bonds is 1. The smallest absolute Gasteiger partial charge is 0.383 e. The lowest BCUT2D eigenvalue weighted by atomic mass is 10.1. The van der Waals surface area contributed by atoms with E-state index in [0.29, 0.717) is 5.69 Å². The third-order valence-electron chi connectivity index (χ3n) is 2.51. The number of nitrogens with two attached hydrogens (primary N) is 1. The van der Waals surface area contributed by atoms with Gasteiger partial charge in [-0.25, -0.2) is 0 Å². The molecule has 2 aromatic rings. The third-order valence-corrected chi connectivity index (χ3v) is 2.51. The lowest BCUT2D eigenvalue weighted by Crippen LogP contribution is -2.20. The summed E-state index contributed by atoms with van der Waals surface area (Å²) < 4.78 is 39.2. The molecule has 0 radical (unpaired) electrons. The van der Waals surface area contributed by atoms with E-state index in [0.717, 1.165) is 16.8 Å². The molecular formula is C12H10F3N3O. The van der Waals surface area contributed by atoms with Gasteiger partial charge in [-0.1, -0.05) is 12.1 Å². The Morgan fingerprint density at radius 3 is 2.47 bits per heavy atom. The van der Waals surface area contributed by atoms with Crippen molar-refractivity contribution in [3.05, 3.63) is 47.2 Å². The molecule has 1 heterocycles. The van der Waals surface area contributed by atoms with E-state index < -0.39 is 23.2 Å². The number of carbonyl (C=O) groups excluding carboxylic acids is 1. The van der Waals surface area contributed by atoms with Crippen LogP contribution in [0.2, 0.25) is 0 Å². The largest absolute Gasteiger partial charge is 0.417 e. The molecule has 0 spiro atoms. The summed E-state index contributed by atoms with van der Waals surface area (Å²) in [6, 6.07) is 5.93. The Kier molecular flexibility index (Phi) is 3.05. The SMILES string of the molecule is Cc1cc(N)n(C(=O)c2ccccc2C(F)(F)F)n1. The highest BCUT2D eigenvalue weighted by atomic mass is 19.4. The number of nitrogen functional groups attached to an aromatic ring is 1. The number of hydrogen-bond acceptors (Lipinski definition) is 3. The molecule has 0 aliphatic heterocycles. The number of alkyl halides is 3. The van der Waals surface area contributed by atoms with E-state index in [1.165, 1.54) is 18.2 Å². The van der Waals surface area contributed by atoms with E-state index in [1.54, 1.807) is 6.92 Å². The number of anilines is 1. The van der Waals surface area contributed by atoms with Gasteiger partial charge in [0.1, 0.15) is 5.82 Å². The standard InChI is InChI=1S/C12H10F3N3O/c1-7-6-10(16)18(17-7)11(19)8-4-2-3-5-9(8)12(13,14)15/h2-6H,16H2,1H3. The highest BCUT2D eigenvalue weighted by Gasteiger charge is 2.35. The van der Waals surface area contributed by atoms with Crippen molar-refractivity contribution in [3.63, 3.8) is 0 Å². The minimum atomic E-state index is -4.61. The van der Waals surface area contributed by atoms with E-state index in [4.69, 9.17) is 5.73 Å². The topological polar surface area (TPSA) is 60.9 Å².